The van der Waals surface area contributed by atoms with Gasteiger partial charge in [0.15, 0.2) is 0 Å². The van der Waals surface area contributed by atoms with Crippen molar-refractivity contribution in [1.82, 2.24) is 0 Å². The summed E-state index contributed by atoms with van der Waals surface area (Å²) in [5.41, 5.74) is 0.629. The Kier molecular flexibility index (Phi) is 1.94. The van der Waals surface area contributed by atoms with E-state index in [9.17, 15) is 8.78 Å². The monoisotopic (exact) mass is 183 g/mol. The minimum Gasteiger partial charge on any atom is -0.380 e. The lowest BCUT2D eigenvalue weighted by Gasteiger charge is -2.07. The van der Waals surface area contributed by atoms with Gasteiger partial charge in [0, 0.05) is 12.1 Å². The molecule has 2 rings (SSSR count). The van der Waals surface area contributed by atoms with Crippen LogP contribution in [0.4, 0.5) is 14.5 Å². The lowest BCUT2D eigenvalue weighted by Crippen LogP contribution is -2.04. The summed E-state index contributed by atoms with van der Waals surface area (Å²) in [5, 5.41) is 2.94. The van der Waals surface area contributed by atoms with E-state index < -0.39 is 0 Å². The Balaban J connectivity index is 2.27. The number of benzene rings is 1. The van der Waals surface area contributed by atoms with Gasteiger partial charge in [-0.3, -0.25) is 0 Å². The second kappa shape index (κ2) is 2.98. The average molecular weight is 183 g/mol. The van der Waals surface area contributed by atoms with E-state index in [2.05, 4.69) is 5.32 Å². The van der Waals surface area contributed by atoms with Gasteiger partial charge in [-0.1, -0.05) is 0 Å². The molecule has 0 heterocycles. The van der Waals surface area contributed by atoms with Crippen LogP contribution in [0, 0.1) is 18.6 Å². The zero-order valence-electron chi connectivity index (χ0n) is 7.40. The van der Waals surface area contributed by atoms with Gasteiger partial charge in [-0.2, -0.15) is 0 Å². The van der Waals surface area contributed by atoms with Gasteiger partial charge in [-0.25, -0.2) is 8.78 Å². The Morgan fingerprint density at radius 3 is 2.54 bits per heavy atom. The molecule has 1 aliphatic rings. The predicted octanol–water partition coefficient (Wildman–Crippen LogP) is 2.85. The highest BCUT2D eigenvalue weighted by Gasteiger charge is 2.22. The molecule has 1 saturated carbocycles. The van der Waals surface area contributed by atoms with E-state index >= 15 is 0 Å². The van der Waals surface area contributed by atoms with Gasteiger partial charge in [0.1, 0.15) is 11.6 Å². The zero-order valence-corrected chi connectivity index (χ0v) is 7.40. The molecular formula is C10H11F2N. The largest absolute Gasteiger partial charge is 0.380 e. The first kappa shape index (κ1) is 8.48. The Morgan fingerprint density at radius 2 is 1.92 bits per heavy atom. The lowest BCUT2D eigenvalue weighted by atomic mass is 10.2. The van der Waals surface area contributed by atoms with Crippen LogP contribution in [-0.4, -0.2) is 6.04 Å². The standard InChI is InChI=1S/C10H11F2N/c1-6-4-9(12)10(5-8(6)11)13-7-2-3-7/h4-5,7,13H,2-3H2,1H3. The fourth-order valence-corrected chi connectivity index (χ4v) is 1.20. The Morgan fingerprint density at radius 1 is 1.23 bits per heavy atom. The van der Waals surface area contributed by atoms with Crippen LogP contribution < -0.4 is 5.32 Å². The maximum Gasteiger partial charge on any atom is 0.146 e. The molecule has 0 spiro atoms. The van der Waals surface area contributed by atoms with Gasteiger partial charge in [0.2, 0.25) is 0 Å². The molecular weight excluding hydrogens is 172 g/mol. The molecule has 0 bridgehead atoms. The topological polar surface area (TPSA) is 12.0 Å². The number of nitrogens with one attached hydrogen (secondary N) is 1. The van der Waals surface area contributed by atoms with Crippen LogP contribution in [0.1, 0.15) is 18.4 Å². The lowest BCUT2D eigenvalue weighted by molar-refractivity contribution is 0.594. The summed E-state index contributed by atoms with van der Waals surface area (Å²) in [7, 11) is 0. The van der Waals surface area contributed by atoms with E-state index in [1.807, 2.05) is 0 Å². The van der Waals surface area contributed by atoms with Crippen molar-refractivity contribution in [3.63, 3.8) is 0 Å². The average Bonchev–Trinajstić information content (AvgIpc) is 2.84. The molecule has 1 fully saturated rings. The van der Waals surface area contributed by atoms with Crippen LogP contribution >= 0.6 is 0 Å². The fourth-order valence-electron chi connectivity index (χ4n) is 1.20. The summed E-state index contributed by atoms with van der Waals surface area (Å²) in [5.74, 6) is -0.727. The number of anilines is 1. The second-order valence-corrected chi connectivity index (χ2v) is 3.50. The molecule has 1 N–H and O–H groups in total. The first-order chi connectivity index (χ1) is 6.16. The first-order valence-electron chi connectivity index (χ1n) is 4.39. The number of hydrogen-bond donors (Lipinski definition) is 1. The summed E-state index contributed by atoms with van der Waals surface area (Å²) in [6.07, 6.45) is 2.10. The Labute approximate surface area is 75.8 Å². The fraction of sp³-hybridized carbons (Fsp3) is 0.400. The van der Waals surface area contributed by atoms with Crippen LogP contribution in [0.5, 0.6) is 0 Å². The smallest absolute Gasteiger partial charge is 0.146 e. The molecule has 1 nitrogen and oxygen atoms in total. The molecule has 0 unspecified atom stereocenters. The van der Waals surface area contributed by atoms with E-state index in [0.29, 0.717) is 11.6 Å². The van der Waals surface area contributed by atoms with Crippen molar-refractivity contribution in [3.05, 3.63) is 29.3 Å². The molecule has 0 radical (unpaired) electrons. The maximum absolute atomic E-state index is 13.2. The van der Waals surface area contributed by atoms with Gasteiger partial charge in [0.05, 0.1) is 5.69 Å². The summed E-state index contributed by atoms with van der Waals surface area (Å²) in [6, 6.07) is 2.79. The molecule has 70 valence electrons. The summed E-state index contributed by atoms with van der Waals surface area (Å²) >= 11 is 0. The number of halogens is 2. The highest BCUT2D eigenvalue weighted by atomic mass is 19.1. The van der Waals surface area contributed by atoms with Crippen molar-refractivity contribution in [3.8, 4) is 0 Å². The quantitative estimate of drug-likeness (QED) is 0.743. The van der Waals surface area contributed by atoms with Crippen LogP contribution in [0.3, 0.4) is 0 Å². The van der Waals surface area contributed by atoms with Crippen molar-refractivity contribution in [2.45, 2.75) is 25.8 Å². The summed E-state index contributed by atoms with van der Waals surface area (Å²) < 4.78 is 26.2. The minimum absolute atomic E-state index is 0.283. The first-order valence-corrected chi connectivity index (χ1v) is 4.39. The van der Waals surface area contributed by atoms with Crippen LogP contribution in [0.2, 0.25) is 0 Å². The maximum atomic E-state index is 13.2. The van der Waals surface area contributed by atoms with Crippen molar-refractivity contribution in [2.75, 3.05) is 5.32 Å². The molecule has 0 amide bonds. The predicted molar refractivity (Wildman–Crippen MR) is 47.7 cm³/mol. The third-order valence-electron chi connectivity index (χ3n) is 2.19. The van der Waals surface area contributed by atoms with Crippen molar-refractivity contribution < 1.29 is 8.78 Å². The van der Waals surface area contributed by atoms with Crippen LogP contribution in [0.25, 0.3) is 0 Å². The highest BCUT2D eigenvalue weighted by Crippen LogP contribution is 2.27. The SMILES string of the molecule is Cc1cc(F)c(NC2CC2)cc1F. The Hall–Kier alpha value is -1.12. The van der Waals surface area contributed by atoms with Crippen molar-refractivity contribution >= 4 is 5.69 Å². The highest BCUT2D eigenvalue weighted by molar-refractivity contribution is 5.48. The number of aryl methyl sites for hydroxylation is 1. The molecule has 1 aliphatic carbocycles. The van der Waals surface area contributed by atoms with Gasteiger partial charge in [-0.05, 0) is 31.4 Å². The third-order valence-corrected chi connectivity index (χ3v) is 2.19. The number of hydrogen-bond acceptors (Lipinski definition) is 1. The molecule has 1 aromatic carbocycles. The number of rotatable bonds is 2. The van der Waals surface area contributed by atoms with E-state index in [1.165, 1.54) is 12.1 Å². The molecule has 3 heteroatoms. The third kappa shape index (κ3) is 1.79. The summed E-state index contributed by atoms with van der Waals surface area (Å²) in [6.45, 7) is 1.55. The zero-order chi connectivity index (χ0) is 9.42. The van der Waals surface area contributed by atoms with E-state index in [1.54, 1.807) is 6.92 Å². The molecule has 0 aromatic heterocycles. The van der Waals surface area contributed by atoms with Crippen LogP contribution in [0.15, 0.2) is 12.1 Å². The normalized spacial score (nSPS) is 15.9. The molecule has 0 saturated heterocycles. The van der Waals surface area contributed by atoms with E-state index in [-0.39, 0.29) is 17.3 Å². The van der Waals surface area contributed by atoms with Gasteiger partial charge in [-0.15, -0.1) is 0 Å². The minimum atomic E-state index is -0.370. The van der Waals surface area contributed by atoms with E-state index in [0.717, 1.165) is 12.8 Å². The van der Waals surface area contributed by atoms with Gasteiger partial charge < -0.3 is 5.32 Å². The van der Waals surface area contributed by atoms with Gasteiger partial charge in [0.25, 0.3) is 0 Å². The molecule has 1 aromatic rings. The molecule has 0 atom stereocenters. The second-order valence-electron chi connectivity index (χ2n) is 3.50. The van der Waals surface area contributed by atoms with Crippen LogP contribution in [-0.2, 0) is 0 Å². The van der Waals surface area contributed by atoms with E-state index in [4.69, 9.17) is 0 Å². The Bertz CT molecular complexity index is 332. The van der Waals surface area contributed by atoms with Crippen molar-refractivity contribution in [2.24, 2.45) is 0 Å². The van der Waals surface area contributed by atoms with Crippen molar-refractivity contribution in [1.29, 1.82) is 0 Å². The molecule has 0 aliphatic heterocycles. The molecule has 13 heavy (non-hydrogen) atoms. The van der Waals surface area contributed by atoms with Gasteiger partial charge >= 0.3 is 0 Å². The summed E-state index contributed by atoms with van der Waals surface area (Å²) in [4.78, 5) is 0.